The maximum Gasteiger partial charge on any atom is 0.119 e. The second-order valence-corrected chi connectivity index (χ2v) is 4.15. The average molecular weight is 278 g/mol. The van der Waals surface area contributed by atoms with E-state index in [9.17, 15) is 0 Å². The molecule has 4 nitrogen and oxygen atoms in total. The van der Waals surface area contributed by atoms with Crippen LogP contribution in [0.3, 0.4) is 0 Å². The Hall–Kier alpha value is -1.54. The van der Waals surface area contributed by atoms with Crippen LogP contribution in [0.4, 0.5) is 0 Å². The minimum atomic E-state index is -0.156. The Morgan fingerprint density at radius 3 is 2.65 bits per heavy atom. The van der Waals surface area contributed by atoms with Crippen LogP contribution in [0.1, 0.15) is 24.5 Å². The van der Waals surface area contributed by atoms with Gasteiger partial charge < -0.3 is 19.3 Å². The van der Waals surface area contributed by atoms with Gasteiger partial charge in [0.25, 0.3) is 0 Å². The van der Waals surface area contributed by atoms with E-state index >= 15 is 0 Å². The van der Waals surface area contributed by atoms with E-state index in [0.717, 1.165) is 29.9 Å². The first kappa shape index (κ1) is 16.5. The summed E-state index contributed by atoms with van der Waals surface area (Å²) in [5.41, 5.74) is 1.79. The molecule has 0 spiro atoms. The molecule has 0 aliphatic carbocycles. The number of ether oxygens (including phenoxy) is 3. The number of methoxy groups -OCH3 is 1. The smallest absolute Gasteiger partial charge is 0.119 e. The van der Waals surface area contributed by atoms with Gasteiger partial charge in [0.15, 0.2) is 0 Å². The van der Waals surface area contributed by atoms with Crippen molar-refractivity contribution in [2.24, 2.45) is 0 Å². The standard InChI is InChI=1S/C16H22O4/c1-3-9-19-10-11-20-13-15-12-16(18-2)7-6-14(15)5-4-8-17/h6-7,12,17H,3,8-11,13H2,1-2H3. The Kier molecular flexibility index (Phi) is 8.48. The quantitative estimate of drug-likeness (QED) is 0.583. The summed E-state index contributed by atoms with van der Waals surface area (Å²) in [6, 6.07) is 5.61. The lowest BCUT2D eigenvalue weighted by Crippen LogP contribution is -2.05. The normalized spacial score (nSPS) is 9.95. The highest BCUT2D eigenvalue weighted by atomic mass is 16.5. The van der Waals surface area contributed by atoms with Crippen LogP contribution in [0.15, 0.2) is 18.2 Å². The van der Waals surface area contributed by atoms with Crippen molar-refractivity contribution in [2.45, 2.75) is 20.0 Å². The summed E-state index contributed by atoms with van der Waals surface area (Å²) in [4.78, 5) is 0. The molecule has 0 radical (unpaired) electrons. The number of benzene rings is 1. The molecule has 1 aromatic carbocycles. The van der Waals surface area contributed by atoms with Gasteiger partial charge in [-0.25, -0.2) is 0 Å². The van der Waals surface area contributed by atoms with Crippen molar-refractivity contribution < 1.29 is 19.3 Å². The van der Waals surface area contributed by atoms with Crippen molar-refractivity contribution in [3.05, 3.63) is 29.3 Å². The SMILES string of the molecule is CCCOCCOCc1cc(OC)ccc1C#CCO. The van der Waals surface area contributed by atoms with E-state index in [1.165, 1.54) is 0 Å². The topological polar surface area (TPSA) is 47.9 Å². The van der Waals surface area contributed by atoms with Gasteiger partial charge in [0.1, 0.15) is 12.4 Å². The molecule has 1 rings (SSSR count). The predicted octanol–water partition coefficient (Wildman–Crippen LogP) is 1.98. The minimum absolute atomic E-state index is 0.156. The molecule has 0 amide bonds. The van der Waals surface area contributed by atoms with Crippen LogP contribution in [0.2, 0.25) is 0 Å². The summed E-state index contributed by atoms with van der Waals surface area (Å²) in [7, 11) is 1.62. The molecule has 0 unspecified atom stereocenters. The minimum Gasteiger partial charge on any atom is -0.497 e. The van der Waals surface area contributed by atoms with E-state index in [1.54, 1.807) is 7.11 Å². The van der Waals surface area contributed by atoms with Gasteiger partial charge in [-0.3, -0.25) is 0 Å². The van der Waals surface area contributed by atoms with Crippen molar-refractivity contribution in [3.63, 3.8) is 0 Å². The van der Waals surface area contributed by atoms with E-state index in [4.69, 9.17) is 19.3 Å². The second kappa shape index (κ2) is 10.3. The molecule has 1 N–H and O–H groups in total. The Balaban J connectivity index is 2.56. The van der Waals surface area contributed by atoms with Crippen LogP contribution in [0.5, 0.6) is 5.75 Å². The molecule has 0 aliphatic rings. The van der Waals surface area contributed by atoms with Crippen LogP contribution in [0.25, 0.3) is 0 Å². The third kappa shape index (κ3) is 6.07. The molecule has 0 saturated heterocycles. The number of rotatable bonds is 8. The highest BCUT2D eigenvalue weighted by Crippen LogP contribution is 2.18. The molecular formula is C16H22O4. The number of aliphatic hydroxyl groups excluding tert-OH is 1. The molecule has 0 fully saturated rings. The fraction of sp³-hybridized carbons (Fsp3) is 0.500. The molecule has 0 atom stereocenters. The lowest BCUT2D eigenvalue weighted by atomic mass is 10.1. The molecule has 20 heavy (non-hydrogen) atoms. The molecule has 1 aromatic rings. The lowest BCUT2D eigenvalue weighted by molar-refractivity contribution is 0.0407. The van der Waals surface area contributed by atoms with Gasteiger partial charge >= 0.3 is 0 Å². The number of hydrogen-bond acceptors (Lipinski definition) is 4. The first-order chi connectivity index (χ1) is 9.81. The second-order valence-electron chi connectivity index (χ2n) is 4.15. The van der Waals surface area contributed by atoms with E-state index < -0.39 is 0 Å². The van der Waals surface area contributed by atoms with E-state index in [2.05, 4.69) is 18.8 Å². The molecule has 0 aliphatic heterocycles. The summed E-state index contributed by atoms with van der Waals surface area (Å²) < 4.78 is 16.1. The summed E-state index contributed by atoms with van der Waals surface area (Å²) in [6.45, 7) is 4.26. The average Bonchev–Trinajstić information content (AvgIpc) is 2.49. The Morgan fingerprint density at radius 1 is 1.15 bits per heavy atom. The van der Waals surface area contributed by atoms with Crippen LogP contribution < -0.4 is 4.74 Å². The lowest BCUT2D eigenvalue weighted by Gasteiger charge is -2.09. The van der Waals surface area contributed by atoms with Crippen molar-refractivity contribution >= 4 is 0 Å². The summed E-state index contributed by atoms with van der Waals surface area (Å²) in [5, 5.41) is 8.77. The van der Waals surface area contributed by atoms with Gasteiger partial charge in [-0.05, 0) is 30.2 Å². The molecule has 0 bridgehead atoms. The Bertz CT molecular complexity index is 446. The van der Waals surface area contributed by atoms with Crippen molar-refractivity contribution in [3.8, 4) is 17.6 Å². The van der Waals surface area contributed by atoms with Crippen LogP contribution in [0, 0.1) is 11.8 Å². The van der Waals surface area contributed by atoms with Gasteiger partial charge in [0.2, 0.25) is 0 Å². The predicted molar refractivity (Wildman–Crippen MR) is 77.7 cm³/mol. The third-order valence-electron chi connectivity index (χ3n) is 2.59. The third-order valence-corrected chi connectivity index (χ3v) is 2.59. The molecular weight excluding hydrogens is 256 g/mol. The van der Waals surface area contributed by atoms with Gasteiger partial charge in [-0.15, -0.1) is 0 Å². The molecule has 0 saturated carbocycles. The number of aliphatic hydroxyl groups is 1. The zero-order valence-electron chi connectivity index (χ0n) is 12.1. The maximum atomic E-state index is 8.77. The van der Waals surface area contributed by atoms with Gasteiger partial charge in [0.05, 0.1) is 26.9 Å². The van der Waals surface area contributed by atoms with E-state index in [1.807, 2.05) is 18.2 Å². The maximum absolute atomic E-state index is 8.77. The zero-order chi connectivity index (χ0) is 14.6. The van der Waals surface area contributed by atoms with Crippen molar-refractivity contribution in [2.75, 3.05) is 33.5 Å². The summed E-state index contributed by atoms with van der Waals surface area (Å²) in [5.74, 6) is 6.32. The van der Waals surface area contributed by atoms with Crippen LogP contribution in [-0.2, 0) is 16.1 Å². The molecule has 4 heteroatoms. The summed E-state index contributed by atoms with van der Waals surface area (Å²) in [6.07, 6.45) is 1.01. The monoisotopic (exact) mass is 278 g/mol. The Labute approximate surface area is 120 Å². The van der Waals surface area contributed by atoms with Gasteiger partial charge in [-0.2, -0.15) is 0 Å². The van der Waals surface area contributed by atoms with Crippen LogP contribution in [-0.4, -0.2) is 38.6 Å². The number of hydrogen-bond donors (Lipinski definition) is 1. The first-order valence-electron chi connectivity index (χ1n) is 6.74. The fourth-order valence-corrected chi connectivity index (χ4v) is 1.62. The highest BCUT2D eigenvalue weighted by molar-refractivity contribution is 5.45. The molecule has 110 valence electrons. The van der Waals surface area contributed by atoms with Crippen LogP contribution >= 0.6 is 0 Å². The largest absolute Gasteiger partial charge is 0.497 e. The van der Waals surface area contributed by atoms with E-state index in [0.29, 0.717) is 19.8 Å². The van der Waals surface area contributed by atoms with Gasteiger partial charge in [-0.1, -0.05) is 18.8 Å². The molecule has 0 heterocycles. The van der Waals surface area contributed by atoms with E-state index in [-0.39, 0.29) is 6.61 Å². The van der Waals surface area contributed by atoms with Crippen molar-refractivity contribution in [1.82, 2.24) is 0 Å². The summed E-state index contributed by atoms with van der Waals surface area (Å²) >= 11 is 0. The first-order valence-corrected chi connectivity index (χ1v) is 6.74. The Morgan fingerprint density at radius 2 is 1.95 bits per heavy atom. The fourth-order valence-electron chi connectivity index (χ4n) is 1.62. The van der Waals surface area contributed by atoms with Crippen molar-refractivity contribution in [1.29, 1.82) is 0 Å². The zero-order valence-corrected chi connectivity index (χ0v) is 12.1. The molecule has 0 aromatic heterocycles. The van der Waals surface area contributed by atoms with Gasteiger partial charge in [0, 0.05) is 12.2 Å². The highest BCUT2D eigenvalue weighted by Gasteiger charge is 2.03.